The lowest BCUT2D eigenvalue weighted by Crippen LogP contribution is -2.37. The molecule has 0 aliphatic carbocycles. The molecule has 0 heterocycles. The molecule has 0 aromatic carbocycles. The maximum Gasteiger partial charge on any atom is 0.131 e. The Hall–Kier alpha value is -0.880. The van der Waals surface area contributed by atoms with Crippen molar-refractivity contribution >= 4 is 5.78 Å². The van der Waals surface area contributed by atoms with Crippen LogP contribution in [0, 0.1) is 17.2 Å². The molecule has 1 unspecified atom stereocenters. The Bertz CT molecular complexity index is 230. The summed E-state index contributed by atoms with van der Waals surface area (Å²) in [6.07, 6.45) is 1.12. The molecule has 0 fully saturated rings. The van der Waals surface area contributed by atoms with Crippen molar-refractivity contribution in [3.8, 4) is 6.07 Å². The molecule has 3 heteroatoms. The highest BCUT2D eigenvalue weighted by molar-refractivity contribution is 5.76. The van der Waals surface area contributed by atoms with Crippen LogP contribution in [-0.4, -0.2) is 29.8 Å². The number of nitriles is 1. The molecular formula is C12H22N2O. The number of nitrogens with zero attached hydrogens (tertiary/aromatic N) is 2. The number of ketones is 1. The van der Waals surface area contributed by atoms with Gasteiger partial charge in [0, 0.05) is 32.0 Å². The molecule has 0 spiro atoms. The van der Waals surface area contributed by atoms with Gasteiger partial charge in [0.15, 0.2) is 0 Å². The smallest absolute Gasteiger partial charge is 0.131 e. The van der Waals surface area contributed by atoms with E-state index in [1.807, 2.05) is 0 Å². The van der Waals surface area contributed by atoms with Crippen molar-refractivity contribution in [2.75, 3.05) is 13.1 Å². The van der Waals surface area contributed by atoms with E-state index in [-0.39, 0.29) is 11.8 Å². The Labute approximate surface area is 93.1 Å². The van der Waals surface area contributed by atoms with Crippen LogP contribution < -0.4 is 0 Å². The first-order valence-corrected chi connectivity index (χ1v) is 5.57. The van der Waals surface area contributed by atoms with E-state index >= 15 is 0 Å². The van der Waals surface area contributed by atoms with Crippen LogP contribution >= 0.6 is 0 Å². The minimum Gasteiger partial charge on any atom is -0.300 e. The summed E-state index contributed by atoms with van der Waals surface area (Å²) in [7, 11) is 0. The van der Waals surface area contributed by atoms with Gasteiger partial charge in [-0.15, -0.1) is 0 Å². The van der Waals surface area contributed by atoms with Gasteiger partial charge in [0.05, 0.1) is 6.07 Å². The Morgan fingerprint density at radius 3 is 2.40 bits per heavy atom. The fourth-order valence-corrected chi connectivity index (χ4v) is 1.70. The highest BCUT2D eigenvalue weighted by atomic mass is 16.1. The Morgan fingerprint density at radius 1 is 1.40 bits per heavy atom. The predicted octanol–water partition coefficient (Wildman–Crippen LogP) is 2.23. The molecule has 0 amide bonds. The summed E-state index contributed by atoms with van der Waals surface area (Å²) in [5, 5.41) is 8.57. The summed E-state index contributed by atoms with van der Waals surface area (Å²) in [6, 6.07) is 2.40. The van der Waals surface area contributed by atoms with Crippen LogP contribution in [0.25, 0.3) is 0 Å². The molecular weight excluding hydrogens is 188 g/mol. The van der Waals surface area contributed by atoms with Gasteiger partial charge in [0.2, 0.25) is 0 Å². The highest BCUT2D eigenvalue weighted by Crippen LogP contribution is 2.08. The van der Waals surface area contributed by atoms with Crippen LogP contribution in [0.4, 0.5) is 0 Å². The minimum atomic E-state index is 0.216. The zero-order chi connectivity index (χ0) is 11.8. The quantitative estimate of drug-likeness (QED) is 0.647. The lowest BCUT2D eigenvalue weighted by Gasteiger charge is -2.29. The van der Waals surface area contributed by atoms with Crippen molar-refractivity contribution in [3.63, 3.8) is 0 Å². The van der Waals surface area contributed by atoms with Crippen molar-refractivity contribution in [1.82, 2.24) is 4.90 Å². The third kappa shape index (κ3) is 7.10. The molecule has 0 rings (SSSR count). The standard InChI is InChI=1S/C12H22N2O/c1-10(2)9-14(7-5-6-13)11(3)8-12(4)15/h10-11H,5,7-9H2,1-4H3. The lowest BCUT2D eigenvalue weighted by atomic mass is 10.1. The van der Waals surface area contributed by atoms with E-state index in [2.05, 4.69) is 31.7 Å². The van der Waals surface area contributed by atoms with E-state index in [1.54, 1.807) is 6.92 Å². The van der Waals surface area contributed by atoms with E-state index in [1.165, 1.54) is 0 Å². The molecule has 0 saturated heterocycles. The predicted molar refractivity (Wildman–Crippen MR) is 61.4 cm³/mol. The van der Waals surface area contributed by atoms with Gasteiger partial charge in [-0.25, -0.2) is 0 Å². The number of hydrogen-bond donors (Lipinski definition) is 0. The summed E-state index contributed by atoms with van der Waals surface area (Å²) in [5.41, 5.74) is 0. The van der Waals surface area contributed by atoms with E-state index < -0.39 is 0 Å². The average Bonchev–Trinajstić information content (AvgIpc) is 2.10. The van der Waals surface area contributed by atoms with Crippen LogP contribution in [0.2, 0.25) is 0 Å². The zero-order valence-electron chi connectivity index (χ0n) is 10.3. The Kier molecular flexibility index (Phi) is 6.98. The largest absolute Gasteiger partial charge is 0.300 e. The number of rotatable bonds is 7. The van der Waals surface area contributed by atoms with E-state index in [0.29, 0.717) is 18.8 Å². The first-order chi connectivity index (χ1) is 6.97. The van der Waals surface area contributed by atoms with Crippen molar-refractivity contribution < 1.29 is 4.79 Å². The third-order valence-electron chi connectivity index (χ3n) is 2.32. The molecule has 1 atom stereocenters. The maximum atomic E-state index is 11.0. The summed E-state index contributed by atoms with van der Waals surface area (Å²) in [4.78, 5) is 13.3. The van der Waals surface area contributed by atoms with Gasteiger partial charge in [-0.05, 0) is 19.8 Å². The topological polar surface area (TPSA) is 44.1 Å². The summed E-state index contributed by atoms with van der Waals surface area (Å²) in [6.45, 7) is 9.70. The maximum absolute atomic E-state index is 11.0. The lowest BCUT2D eigenvalue weighted by molar-refractivity contribution is -0.118. The van der Waals surface area contributed by atoms with Crippen LogP contribution in [0.5, 0.6) is 0 Å². The Morgan fingerprint density at radius 2 is 2.00 bits per heavy atom. The van der Waals surface area contributed by atoms with Gasteiger partial charge >= 0.3 is 0 Å². The molecule has 0 N–H and O–H groups in total. The number of Topliss-reactive ketones (excluding diaryl/α,β-unsaturated/α-hetero) is 1. The second kappa shape index (κ2) is 7.42. The average molecular weight is 210 g/mol. The van der Waals surface area contributed by atoms with Crippen LogP contribution in [0.3, 0.4) is 0 Å². The molecule has 0 bridgehead atoms. The minimum absolute atomic E-state index is 0.216. The fourth-order valence-electron chi connectivity index (χ4n) is 1.70. The molecule has 0 radical (unpaired) electrons. The van der Waals surface area contributed by atoms with Gasteiger partial charge in [-0.2, -0.15) is 5.26 Å². The highest BCUT2D eigenvalue weighted by Gasteiger charge is 2.15. The molecule has 0 saturated carbocycles. The normalized spacial score (nSPS) is 12.9. The van der Waals surface area contributed by atoms with E-state index in [0.717, 1.165) is 13.1 Å². The van der Waals surface area contributed by atoms with Crippen LogP contribution in [0.1, 0.15) is 40.5 Å². The van der Waals surface area contributed by atoms with Crippen LogP contribution in [0.15, 0.2) is 0 Å². The molecule has 0 aromatic rings. The van der Waals surface area contributed by atoms with Gasteiger partial charge in [0.25, 0.3) is 0 Å². The van der Waals surface area contributed by atoms with E-state index in [9.17, 15) is 4.79 Å². The van der Waals surface area contributed by atoms with Gasteiger partial charge in [-0.1, -0.05) is 13.8 Å². The SMILES string of the molecule is CC(=O)CC(C)N(CCC#N)CC(C)C. The zero-order valence-corrected chi connectivity index (χ0v) is 10.3. The molecule has 0 aliphatic heterocycles. The molecule has 0 aliphatic rings. The molecule has 3 nitrogen and oxygen atoms in total. The van der Waals surface area contributed by atoms with Gasteiger partial charge < -0.3 is 0 Å². The molecule has 15 heavy (non-hydrogen) atoms. The fraction of sp³-hybridized carbons (Fsp3) is 0.833. The number of carbonyl (C=O) groups is 1. The Balaban J connectivity index is 4.20. The van der Waals surface area contributed by atoms with E-state index in [4.69, 9.17) is 5.26 Å². The summed E-state index contributed by atoms with van der Waals surface area (Å²) < 4.78 is 0. The van der Waals surface area contributed by atoms with Crippen molar-refractivity contribution in [3.05, 3.63) is 0 Å². The summed E-state index contributed by atoms with van der Waals surface area (Å²) >= 11 is 0. The number of carbonyl (C=O) groups excluding carboxylic acids is 1. The second-order valence-corrected chi connectivity index (χ2v) is 4.55. The monoisotopic (exact) mass is 210 g/mol. The van der Waals surface area contributed by atoms with Crippen molar-refractivity contribution in [1.29, 1.82) is 5.26 Å². The van der Waals surface area contributed by atoms with Crippen molar-refractivity contribution in [2.45, 2.75) is 46.6 Å². The van der Waals surface area contributed by atoms with Gasteiger partial charge in [0.1, 0.15) is 5.78 Å². The number of hydrogen-bond acceptors (Lipinski definition) is 3. The van der Waals surface area contributed by atoms with Crippen LogP contribution in [-0.2, 0) is 4.79 Å². The van der Waals surface area contributed by atoms with Crippen molar-refractivity contribution in [2.24, 2.45) is 5.92 Å². The molecule has 86 valence electrons. The summed E-state index contributed by atoms with van der Waals surface area (Å²) in [5.74, 6) is 0.784. The second-order valence-electron chi connectivity index (χ2n) is 4.55. The first-order valence-electron chi connectivity index (χ1n) is 5.57. The molecule has 0 aromatic heterocycles. The van der Waals surface area contributed by atoms with Gasteiger partial charge in [-0.3, -0.25) is 9.69 Å². The first kappa shape index (κ1) is 14.1. The third-order valence-corrected chi connectivity index (χ3v) is 2.32.